The van der Waals surface area contributed by atoms with Crippen molar-refractivity contribution in [2.75, 3.05) is 0 Å². The van der Waals surface area contributed by atoms with Gasteiger partial charge in [-0.15, -0.1) is 0 Å². The van der Waals surface area contributed by atoms with Crippen molar-refractivity contribution in [2.45, 2.75) is 25.4 Å². The summed E-state index contributed by atoms with van der Waals surface area (Å²) in [6, 6.07) is 6.92. The van der Waals surface area contributed by atoms with Crippen molar-refractivity contribution >= 4 is 11.6 Å². The molecular formula is C13H14ClN3O. The fraction of sp³-hybridized carbons (Fsp3) is 0.308. The van der Waals surface area contributed by atoms with E-state index in [1.54, 1.807) is 12.1 Å². The van der Waals surface area contributed by atoms with Gasteiger partial charge in [-0.25, -0.2) is 4.98 Å². The van der Waals surface area contributed by atoms with E-state index in [0.29, 0.717) is 5.15 Å². The molecule has 0 bridgehead atoms. The smallest absolute Gasteiger partial charge is 0.151 e. The van der Waals surface area contributed by atoms with Crippen molar-refractivity contribution in [2.24, 2.45) is 5.73 Å². The molecule has 1 atom stereocenters. The number of nitrogens with zero attached hydrogens (tertiary/aromatic N) is 2. The van der Waals surface area contributed by atoms with Crippen LogP contribution in [0.3, 0.4) is 0 Å². The first-order chi connectivity index (χ1) is 8.66. The number of hydrogen-bond acceptors (Lipinski definition) is 3. The number of halogens is 1. The monoisotopic (exact) mass is 263 g/mol. The van der Waals surface area contributed by atoms with E-state index >= 15 is 0 Å². The lowest BCUT2D eigenvalue weighted by Crippen LogP contribution is -2.25. The standard InChI is InChI=1S/C13H14ClN3O/c14-12-10-2-1-3-11(15)17(10)13(16-12)8-4-6-9(18)7-5-8/h4-7,11,18H,1-3,15H2. The average molecular weight is 264 g/mol. The topological polar surface area (TPSA) is 64.1 Å². The minimum absolute atomic E-state index is 0.0717. The summed E-state index contributed by atoms with van der Waals surface area (Å²) in [5.41, 5.74) is 8.07. The number of aromatic hydroxyl groups is 1. The molecule has 1 aliphatic rings. The average Bonchev–Trinajstić information content (AvgIpc) is 2.70. The van der Waals surface area contributed by atoms with Gasteiger partial charge in [-0.05, 0) is 43.5 Å². The zero-order chi connectivity index (χ0) is 12.7. The number of aromatic nitrogens is 2. The Morgan fingerprint density at radius 1 is 1.33 bits per heavy atom. The first-order valence-corrected chi connectivity index (χ1v) is 6.36. The maximum Gasteiger partial charge on any atom is 0.151 e. The summed E-state index contributed by atoms with van der Waals surface area (Å²) in [5, 5.41) is 9.86. The molecule has 3 rings (SSSR count). The second kappa shape index (κ2) is 4.30. The van der Waals surface area contributed by atoms with Gasteiger partial charge in [0.25, 0.3) is 0 Å². The highest BCUT2D eigenvalue weighted by Gasteiger charge is 2.24. The van der Waals surface area contributed by atoms with E-state index in [1.165, 1.54) is 0 Å². The van der Waals surface area contributed by atoms with E-state index in [0.717, 1.165) is 36.3 Å². The van der Waals surface area contributed by atoms with E-state index in [9.17, 15) is 5.11 Å². The molecule has 2 heterocycles. The van der Waals surface area contributed by atoms with Gasteiger partial charge in [0.05, 0.1) is 11.9 Å². The van der Waals surface area contributed by atoms with Crippen molar-refractivity contribution in [3.05, 3.63) is 35.1 Å². The number of hydrogen-bond donors (Lipinski definition) is 2. The SMILES string of the molecule is NC1CCCc2c(Cl)nc(-c3ccc(O)cc3)n21. The normalized spacial score (nSPS) is 18.7. The number of fused-ring (bicyclic) bond motifs is 1. The molecule has 1 unspecified atom stereocenters. The third kappa shape index (κ3) is 1.78. The quantitative estimate of drug-likeness (QED) is 0.831. The summed E-state index contributed by atoms with van der Waals surface area (Å²) in [6.07, 6.45) is 2.82. The van der Waals surface area contributed by atoms with Crippen LogP contribution in [0.5, 0.6) is 5.75 Å². The summed E-state index contributed by atoms with van der Waals surface area (Å²) in [4.78, 5) is 4.41. The molecule has 18 heavy (non-hydrogen) atoms. The Kier molecular flexibility index (Phi) is 2.76. The Morgan fingerprint density at radius 2 is 2.06 bits per heavy atom. The summed E-state index contributed by atoms with van der Waals surface area (Å²) in [5.74, 6) is 1.02. The van der Waals surface area contributed by atoms with E-state index in [4.69, 9.17) is 17.3 Å². The molecule has 1 aromatic carbocycles. The maximum absolute atomic E-state index is 9.32. The van der Waals surface area contributed by atoms with Crippen LogP contribution in [0.15, 0.2) is 24.3 Å². The van der Waals surface area contributed by atoms with Gasteiger partial charge < -0.3 is 15.4 Å². The van der Waals surface area contributed by atoms with Crippen molar-refractivity contribution in [3.8, 4) is 17.1 Å². The van der Waals surface area contributed by atoms with Gasteiger partial charge in [-0.2, -0.15) is 0 Å². The van der Waals surface area contributed by atoms with Gasteiger partial charge in [0.1, 0.15) is 11.6 Å². The maximum atomic E-state index is 9.32. The van der Waals surface area contributed by atoms with Crippen LogP contribution >= 0.6 is 11.6 Å². The van der Waals surface area contributed by atoms with Crippen LogP contribution in [0.4, 0.5) is 0 Å². The van der Waals surface area contributed by atoms with Crippen LogP contribution in [-0.4, -0.2) is 14.7 Å². The van der Waals surface area contributed by atoms with E-state index in [1.807, 2.05) is 16.7 Å². The predicted molar refractivity (Wildman–Crippen MR) is 70.5 cm³/mol. The Balaban J connectivity index is 2.15. The molecule has 0 amide bonds. The van der Waals surface area contributed by atoms with E-state index in [2.05, 4.69) is 4.98 Å². The molecule has 0 aliphatic carbocycles. The van der Waals surface area contributed by atoms with Crippen molar-refractivity contribution in [1.29, 1.82) is 0 Å². The third-order valence-electron chi connectivity index (χ3n) is 3.33. The molecule has 94 valence electrons. The zero-order valence-corrected chi connectivity index (χ0v) is 10.6. The summed E-state index contributed by atoms with van der Waals surface area (Å²) < 4.78 is 2.01. The lowest BCUT2D eigenvalue weighted by molar-refractivity contribution is 0.418. The molecule has 0 spiro atoms. The van der Waals surface area contributed by atoms with Crippen LogP contribution in [0.25, 0.3) is 11.4 Å². The van der Waals surface area contributed by atoms with Gasteiger partial charge in [-0.3, -0.25) is 0 Å². The zero-order valence-electron chi connectivity index (χ0n) is 9.81. The van der Waals surface area contributed by atoms with Crippen molar-refractivity contribution in [3.63, 3.8) is 0 Å². The largest absolute Gasteiger partial charge is 0.508 e. The third-order valence-corrected chi connectivity index (χ3v) is 3.63. The van der Waals surface area contributed by atoms with Crippen LogP contribution in [-0.2, 0) is 6.42 Å². The second-order valence-electron chi connectivity index (χ2n) is 4.55. The molecule has 3 N–H and O–H groups in total. The van der Waals surface area contributed by atoms with Crippen LogP contribution in [0.1, 0.15) is 24.7 Å². The van der Waals surface area contributed by atoms with Gasteiger partial charge in [0, 0.05) is 5.56 Å². The highest BCUT2D eigenvalue weighted by Crippen LogP contribution is 2.33. The van der Waals surface area contributed by atoms with Crippen LogP contribution in [0, 0.1) is 0 Å². The van der Waals surface area contributed by atoms with Gasteiger partial charge in [0.2, 0.25) is 0 Å². The molecule has 1 aliphatic heterocycles. The molecule has 0 saturated carbocycles. The molecule has 0 fully saturated rings. The molecule has 0 saturated heterocycles. The van der Waals surface area contributed by atoms with Gasteiger partial charge in [0.15, 0.2) is 5.15 Å². The number of phenols is 1. The first kappa shape index (κ1) is 11.6. The molecule has 0 radical (unpaired) electrons. The number of phenolic OH excluding ortho intramolecular Hbond substituents is 1. The van der Waals surface area contributed by atoms with Crippen molar-refractivity contribution in [1.82, 2.24) is 9.55 Å². The Bertz CT molecular complexity index is 577. The van der Waals surface area contributed by atoms with Crippen LogP contribution < -0.4 is 5.73 Å². The summed E-state index contributed by atoms with van der Waals surface area (Å²) >= 11 is 6.17. The Hall–Kier alpha value is -1.52. The fourth-order valence-electron chi connectivity index (χ4n) is 2.44. The molecular weight excluding hydrogens is 250 g/mol. The predicted octanol–water partition coefficient (Wildman–Crippen LogP) is 2.70. The van der Waals surface area contributed by atoms with Gasteiger partial charge in [-0.1, -0.05) is 11.6 Å². The number of rotatable bonds is 1. The van der Waals surface area contributed by atoms with E-state index in [-0.39, 0.29) is 11.9 Å². The van der Waals surface area contributed by atoms with Crippen LogP contribution in [0.2, 0.25) is 5.15 Å². The second-order valence-corrected chi connectivity index (χ2v) is 4.91. The molecule has 1 aromatic heterocycles. The highest BCUT2D eigenvalue weighted by atomic mass is 35.5. The lowest BCUT2D eigenvalue weighted by atomic mass is 10.1. The molecule has 4 nitrogen and oxygen atoms in total. The lowest BCUT2D eigenvalue weighted by Gasteiger charge is -2.24. The number of imidazole rings is 1. The number of benzene rings is 1. The van der Waals surface area contributed by atoms with E-state index < -0.39 is 0 Å². The summed E-state index contributed by atoms with van der Waals surface area (Å²) in [7, 11) is 0. The molecule has 2 aromatic rings. The number of nitrogens with two attached hydrogens (primary N) is 1. The fourth-order valence-corrected chi connectivity index (χ4v) is 2.71. The summed E-state index contributed by atoms with van der Waals surface area (Å²) in [6.45, 7) is 0. The van der Waals surface area contributed by atoms with Crippen molar-refractivity contribution < 1.29 is 5.11 Å². The van der Waals surface area contributed by atoms with Gasteiger partial charge >= 0.3 is 0 Å². The minimum Gasteiger partial charge on any atom is -0.508 e. The molecule has 5 heteroatoms. The first-order valence-electron chi connectivity index (χ1n) is 5.98. The Labute approximate surface area is 110 Å². The minimum atomic E-state index is -0.0717. The Morgan fingerprint density at radius 3 is 2.78 bits per heavy atom. The highest BCUT2D eigenvalue weighted by molar-refractivity contribution is 6.30.